The second kappa shape index (κ2) is 6.47. The van der Waals surface area contributed by atoms with Crippen LogP contribution in [-0.2, 0) is 0 Å². The van der Waals surface area contributed by atoms with E-state index in [1.165, 1.54) is 30.8 Å². The Labute approximate surface area is 135 Å². The average molecular weight is 342 g/mol. The van der Waals surface area contributed by atoms with Gasteiger partial charge in [0.05, 0.1) is 15.0 Å². The van der Waals surface area contributed by atoms with E-state index in [2.05, 4.69) is 0 Å². The van der Waals surface area contributed by atoms with Crippen LogP contribution in [0.2, 0.25) is 10.0 Å². The van der Waals surface area contributed by atoms with Crippen LogP contribution in [0, 0.1) is 10.1 Å². The van der Waals surface area contributed by atoms with E-state index in [1.807, 2.05) is 0 Å². The Morgan fingerprint density at radius 2 is 1.86 bits per heavy atom. The Bertz CT molecular complexity index is 734. The molecule has 0 fully saturated rings. The van der Waals surface area contributed by atoms with Crippen molar-refractivity contribution < 1.29 is 9.72 Å². The summed E-state index contributed by atoms with van der Waals surface area (Å²) in [5.41, 5.74) is 0.193. The maximum atomic E-state index is 11.7. The van der Waals surface area contributed by atoms with Crippen LogP contribution >= 0.6 is 35.0 Å². The molecule has 0 aliphatic rings. The first-order valence-electron chi connectivity index (χ1n) is 5.81. The van der Waals surface area contributed by atoms with Crippen LogP contribution in [0.4, 0.5) is 5.69 Å². The first-order valence-corrected chi connectivity index (χ1v) is 7.38. The number of benzene rings is 2. The second-order valence-corrected chi connectivity index (χ2v) is 6.10. The van der Waals surface area contributed by atoms with Gasteiger partial charge in [0.15, 0.2) is 5.78 Å². The summed E-state index contributed by atoms with van der Waals surface area (Å²) in [7, 11) is 0. The molecule has 2 aromatic carbocycles. The number of carbonyl (C=O) groups excluding carboxylic acids is 1. The average Bonchev–Trinajstić information content (AvgIpc) is 2.43. The fourth-order valence-corrected chi connectivity index (χ4v) is 3.04. The van der Waals surface area contributed by atoms with Crippen LogP contribution < -0.4 is 0 Å². The number of hydrogen-bond acceptors (Lipinski definition) is 4. The van der Waals surface area contributed by atoms with Crippen LogP contribution in [-0.4, -0.2) is 10.7 Å². The molecular formula is C14H9Cl2NO3S. The zero-order chi connectivity index (χ0) is 15.6. The molecule has 0 radical (unpaired) electrons. The summed E-state index contributed by atoms with van der Waals surface area (Å²) in [6.45, 7) is 1.37. The summed E-state index contributed by atoms with van der Waals surface area (Å²) in [6.07, 6.45) is 0. The summed E-state index contributed by atoms with van der Waals surface area (Å²) in [4.78, 5) is 23.3. The number of rotatable bonds is 4. The monoisotopic (exact) mass is 341 g/mol. The first kappa shape index (κ1) is 15.8. The van der Waals surface area contributed by atoms with Gasteiger partial charge in [-0.15, -0.1) is 0 Å². The Hall–Kier alpha value is -1.56. The minimum Gasteiger partial charge on any atom is -0.294 e. The molecule has 0 saturated heterocycles. The van der Waals surface area contributed by atoms with E-state index in [0.29, 0.717) is 20.5 Å². The third kappa shape index (κ3) is 3.75. The van der Waals surface area contributed by atoms with E-state index in [1.54, 1.807) is 24.3 Å². The molecule has 21 heavy (non-hydrogen) atoms. The van der Waals surface area contributed by atoms with Gasteiger partial charge in [-0.3, -0.25) is 14.9 Å². The molecular weight excluding hydrogens is 333 g/mol. The zero-order valence-corrected chi connectivity index (χ0v) is 13.1. The molecule has 108 valence electrons. The van der Waals surface area contributed by atoms with Gasteiger partial charge in [-0.25, -0.2) is 0 Å². The van der Waals surface area contributed by atoms with Crippen LogP contribution in [0.1, 0.15) is 17.3 Å². The summed E-state index contributed by atoms with van der Waals surface area (Å²) in [5.74, 6) is -0.235. The van der Waals surface area contributed by atoms with Gasteiger partial charge in [-0.1, -0.05) is 35.0 Å². The van der Waals surface area contributed by atoms with E-state index < -0.39 is 4.92 Å². The second-order valence-electron chi connectivity index (χ2n) is 4.17. The molecule has 0 bridgehead atoms. The van der Waals surface area contributed by atoms with E-state index in [4.69, 9.17) is 23.2 Å². The van der Waals surface area contributed by atoms with Gasteiger partial charge in [0, 0.05) is 27.5 Å². The molecule has 0 aliphatic heterocycles. The van der Waals surface area contributed by atoms with Gasteiger partial charge in [0.2, 0.25) is 0 Å². The number of carbonyl (C=O) groups is 1. The number of ketones is 1. The van der Waals surface area contributed by atoms with Crippen molar-refractivity contribution in [2.45, 2.75) is 16.7 Å². The fourth-order valence-electron chi connectivity index (χ4n) is 1.66. The van der Waals surface area contributed by atoms with Crippen molar-refractivity contribution in [1.82, 2.24) is 0 Å². The molecule has 0 amide bonds. The minimum absolute atomic E-state index is 0.112. The maximum absolute atomic E-state index is 11.7. The van der Waals surface area contributed by atoms with Crippen molar-refractivity contribution in [3.63, 3.8) is 0 Å². The van der Waals surface area contributed by atoms with Gasteiger partial charge in [-0.05, 0) is 31.2 Å². The standard InChI is InChI=1S/C14H9Cl2NO3S/c1-8(18)11-6-9(17(19)20)2-5-14(11)21-10-3-4-12(15)13(16)7-10/h2-7H,1H3. The highest BCUT2D eigenvalue weighted by molar-refractivity contribution is 7.99. The van der Waals surface area contributed by atoms with E-state index in [-0.39, 0.29) is 11.5 Å². The van der Waals surface area contributed by atoms with E-state index >= 15 is 0 Å². The Kier molecular flexibility index (Phi) is 4.88. The van der Waals surface area contributed by atoms with Crippen molar-refractivity contribution in [1.29, 1.82) is 0 Å². The van der Waals surface area contributed by atoms with Crippen molar-refractivity contribution in [2.24, 2.45) is 0 Å². The van der Waals surface area contributed by atoms with Crippen molar-refractivity contribution in [3.8, 4) is 0 Å². The van der Waals surface area contributed by atoms with E-state index in [9.17, 15) is 14.9 Å². The summed E-state index contributed by atoms with van der Waals surface area (Å²) >= 11 is 13.1. The molecule has 0 N–H and O–H groups in total. The number of hydrogen-bond donors (Lipinski definition) is 0. The largest absolute Gasteiger partial charge is 0.294 e. The van der Waals surface area contributed by atoms with Crippen LogP contribution in [0.3, 0.4) is 0 Å². The Morgan fingerprint density at radius 3 is 2.43 bits per heavy atom. The highest BCUT2D eigenvalue weighted by Crippen LogP contribution is 2.35. The van der Waals surface area contributed by atoms with Crippen molar-refractivity contribution in [2.75, 3.05) is 0 Å². The summed E-state index contributed by atoms with van der Waals surface area (Å²) in [5, 5.41) is 11.6. The molecule has 0 saturated carbocycles. The lowest BCUT2D eigenvalue weighted by Gasteiger charge is -2.07. The number of halogens is 2. The van der Waals surface area contributed by atoms with Crippen molar-refractivity contribution >= 4 is 46.4 Å². The van der Waals surface area contributed by atoms with Crippen molar-refractivity contribution in [3.05, 3.63) is 62.1 Å². The molecule has 0 aromatic heterocycles. The van der Waals surface area contributed by atoms with Gasteiger partial charge in [0.25, 0.3) is 5.69 Å². The molecule has 0 unspecified atom stereocenters. The molecule has 0 spiro atoms. The molecule has 4 nitrogen and oxygen atoms in total. The predicted octanol–water partition coefficient (Wildman–Crippen LogP) is 5.26. The number of non-ortho nitro benzene ring substituents is 1. The Morgan fingerprint density at radius 1 is 1.14 bits per heavy atom. The highest BCUT2D eigenvalue weighted by Gasteiger charge is 2.15. The van der Waals surface area contributed by atoms with E-state index in [0.717, 1.165) is 4.90 Å². The molecule has 2 rings (SSSR count). The molecule has 7 heteroatoms. The first-order chi connectivity index (χ1) is 9.88. The molecule has 0 heterocycles. The lowest BCUT2D eigenvalue weighted by Crippen LogP contribution is -1.98. The zero-order valence-electron chi connectivity index (χ0n) is 10.8. The topological polar surface area (TPSA) is 60.2 Å². The summed E-state index contributed by atoms with van der Waals surface area (Å²) in [6, 6.07) is 9.31. The van der Waals surface area contributed by atoms with Gasteiger partial charge in [0.1, 0.15) is 0 Å². The lowest BCUT2D eigenvalue weighted by molar-refractivity contribution is -0.384. The number of Topliss-reactive ketones (excluding diaryl/α,β-unsaturated/α-hetero) is 1. The fraction of sp³-hybridized carbons (Fsp3) is 0.0714. The third-order valence-corrected chi connectivity index (χ3v) is 4.48. The predicted molar refractivity (Wildman–Crippen MR) is 83.7 cm³/mol. The minimum atomic E-state index is -0.528. The highest BCUT2D eigenvalue weighted by atomic mass is 35.5. The molecule has 0 aliphatic carbocycles. The normalized spacial score (nSPS) is 10.4. The maximum Gasteiger partial charge on any atom is 0.270 e. The quantitative estimate of drug-likeness (QED) is 0.432. The Balaban J connectivity index is 2.41. The smallest absolute Gasteiger partial charge is 0.270 e. The van der Waals surface area contributed by atoms with Gasteiger partial charge >= 0.3 is 0 Å². The third-order valence-electron chi connectivity index (χ3n) is 2.67. The number of nitro groups is 1. The number of nitro benzene ring substituents is 1. The van der Waals surface area contributed by atoms with Crippen LogP contribution in [0.5, 0.6) is 0 Å². The van der Waals surface area contributed by atoms with Gasteiger partial charge in [-0.2, -0.15) is 0 Å². The van der Waals surface area contributed by atoms with Gasteiger partial charge < -0.3 is 0 Å². The van der Waals surface area contributed by atoms with Crippen LogP contribution in [0.15, 0.2) is 46.2 Å². The lowest BCUT2D eigenvalue weighted by atomic mass is 10.1. The summed E-state index contributed by atoms with van der Waals surface area (Å²) < 4.78 is 0. The molecule has 0 atom stereocenters. The molecule has 2 aromatic rings. The number of nitrogens with zero attached hydrogens (tertiary/aromatic N) is 1. The SMILES string of the molecule is CC(=O)c1cc([N+](=O)[O-])ccc1Sc1ccc(Cl)c(Cl)c1. The van der Waals surface area contributed by atoms with Crippen LogP contribution in [0.25, 0.3) is 0 Å².